The van der Waals surface area contributed by atoms with Gasteiger partial charge in [-0.1, -0.05) is 6.07 Å². The first kappa shape index (κ1) is 21.1. The molecular formula is C19H19Br2N3O3. The van der Waals surface area contributed by atoms with Crippen LogP contribution in [0.15, 0.2) is 44.4 Å². The lowest BCUT2D eigenvalue weighted by atomic mass is 10.1. The van der Waals surface area contributed by atoms with Crippen molar-refractivity contribution in [3.63, 3.8) is 0 Å². The van der Waals surface area contributed by atoms with E-state index in [1.54, 1.807) is 12.1 Å². The van der Waals surface area contributed by atoms with Gasteiger partial charge in [-0.05, 0) is 86.7 Å². The Morgan fingerprint density at radius 1 is 1.04 bits per heavy atom. The largest absolute Gasteiger partial charge is 0.506 e. The minimum atomic E-state index is -0.363. The number of hydrazone groups is 1. The number of phenolic OH excluding ortho intramolecular Hbond substituents is 1. The summed E-state index contributed by atoms with van der Waals surface area (Å²) < 4.78 is 1.01. The van der Waals surface area contributed by atoms with Crippen molar-refractivity contribution in [1.29, 1.82) is 0 Å². The summed E-state index contributed by atoms with van der Waals surface area (Å²) in [7, 11) is 0. The number of anilines is 1. The molecule has 142 valence electrons. The van der Waals surface area contributed by atoms with E-state index < -0.39 is 0 Å². The molecule has 2 rings (SSSR count). The second kappa shape index (κ2) is 9.66. The van der Waals surface area contributed by atoms with Gasteiger partial charge in [0.1, 0.15) is 5.75 Å². The van der Waals surface area contributed by atoms with Crippen LogP contribution in [0.1, 0.15) is 29.5 Å². The van der Waals surface area contributed by atoms with Crippen molar-refractivity contribution in [2.24, 2.45) is 5.10 Å². The van der Waals surface area contributed by atoms with Crippen LogP contribution < -0.4 is 10.7 Å². The van der Waals surface area contributed by atoms with E-state index in [4.69, 9.17) is 0 Å². The molecule has 0 aliphatic carbocycles. The molecule has 2 amide bonds. The highest BCUT2D eigenvalue weighted by Crippen LogP contribution is 2.32. The van der Waals surface area contributed by atoms with E-state index in [1.807, 2.05) is 32.0 Å². The molecule has 0 saturated heterocycles. The highest BCUT2D eigenvalue weighted by atomic mass is 79.9. The molecule has 0 spiro atoms. The number of rotatable bonds is 6. The molecule has 3 N–H and O–H groups in total. The molecule has 0 radical (unpaired) electrons. The fourth-order valence-corrected chi connectivity index (χ4v) is 3.39. The number of aryl methyl sites for hydroxylation is 2. The first-order chi connectivity index (χ1) is 12.8. The van der Waals surface area contributed by atoms with Crippen molar-refractivity contribution in [2.45, 2.75) is 26.7 Å². The normalized spacial score (nSPS) is 10.8. The molecule has 0 saturated carbocycles. The van der Waals surface area contributed by atoms with Crippen LogP contribution in [0.4, 0.5) is 5.69 Å². The van der Waals surface area contributed by atoms with Crippen LogP contribution in [0, 0.1) is 13.8 Å². The molecule has 0 fully saturated rings. The molecule has 27 heavy (non-hydrogen) atoms. The van der Waals surface area contributed by atoms with Gasteiger partial charge >= 0.3 is 0 Å². The maximum atomic E-state index is 12.0. The van der Waals surface area contributed by atoms with E-state index in [1.165, 1.54) is 6.21 Å². The van der Waals surface area contributed by atoms with Crippen LogP contribution in [0.2, 0.25) is 0 Å². The van der Waals surface area contributed by atoms with Crippen LogP contribution >= 0.6 is 31.9 Å². The number of hydrogen-bond acceptors (Lipinski definition) is 4. The van der Waals surface area contributed by atoms with Crippen molar-refractivity contribution in [3.05, 3.63) is 56.0 Å². The maximum Gasteiger partial charge on any atom is 0.240 e. The number of carbonyl (C=O) groups excluding carboxylic acids is 2. The molecule has 8 heteroatoms. The second-order valence-electron chi connectivity index (χ2n) is 5.97. The molecule has 6 nitrogen and oxygen atoms in total. The third-order valence-corrected chi connectivity index (χ3v) is 5.02. The summed E-state index contributed by atoms with van der Waals surface area (Å²) in [6.07, 6.45) is 1.53. The Morgan fingerprint density at radius 3 is 2.30 bits per heavy atom. The number of amides is 2. The molecule has 0 aliphatic heterocycles. The number of nitrogens with zero attached hydrogens (tertiary/aromatic N) is 1. The highest BCUT2D eigenvalue weighted by molar-refractivity contribution is 9.11. The molecular weight excluding hydrogens is 478 g/mol. The summed E-state index contributed by atoms with van der Waals surface area (Å²) in [5.41, 5.74) is 6.01. The fourth-order valence-electron chi connectivity index (χ4n) is 2.16. The van der Waals surface area contributed by atoms with Gasteiger partial charge in [-0.25, -0.2) is 5.43 Å². The number of nitrogens with one attached hydrogen (secondary N) is 2. The summed E-state index contributed by atoms with van der Waals surface area (Å²) in [6.45, 7) is 3.98. The third kappa shape index (κ3) is 6.48. The minimum absolute atomic E-state index is 0.0248. The Bertz CT molecular complexity index is 875. The van der Waals surface area contributed by atoms with Gasteiger partial charge < -0.3 is 10.4 Å². The summed E-state index contributed by atoms with van der Waals surface area (Å²) in [5.74, 6) is -0.506. The molecule has 0 atom stereocenters. The number of phenols is 1. The van der Waals surface area contributed by atoms with Gasteiger partial charge in [-0.15, -0.1) is 0 Å². The zero-order chi connectivity index (χ0) is 20.0. The lowest BCUT2D eigenvalue weighted by Gasteiger charge is -2.07. The standard InChI is InChI=1S/C19H19Br2N3O3/c1-11-3-4-14(7-12(11)2)23-17(25)5-6-18(26)24-22-10-13-8-15(20)19(27)16(21)9-13/h3-4,7-10,27H,5-6H2,1-2H3,(H,23,25)(H,24,26). The van der Waals surface area contributed by atoms with E-state index in [2.05, 4.69) is 47.7 Å². The van der Waals surface area contributed by atoms with Crippen LogP contribution in [0.3, 0.4) is 0 Å². The van der Waals surface area contributed by atoms with Gasteiger partial charge in [0.05, 0.1) is 15.2 Å². The Balaban J connectivity index is 1.80. The number of carbonyl (C=O) groups is 2. The van der Waals surface area contributed by atoms with Gasteiger partial charge in [0, 0.05) is 18.5 Å². The topological polar surface area (TPSA) is 90.8 Å². The first-order valence-corrected chi connectivity index (χ1v) is 9.72. The number of halogens is 2. The van der Waals surface area contributed by atoms with E-state index >= 15 is 0 Å². The fraction of sp³-hybridized carbons (Fsp3) is 0.211. The van der Waals surface area contributed by atoms with Gasteiger partial charge in [0.15, 0.2) is 0 Å². The molecule has 2 aromatic rings. The molecule has 0 unspecified atom stereocenters. The predicted molar refractivity (Wildman–Crippen MR) is 113 cm³/mol. The lowest BCUT2D eigenvalue weighted by molar-refractivity contribution is -0.124. The molecule has 0 heterocycles. The van der Waals surface area contributed by atoms with Gasteiger partial charge in [-0.3, -0.25) is 9.59 Å². The van der Waals surface area contributed by atoms with E-state index in [-0.39, 0.29) is 30.4 Å². The van der Waals surface area contributed by atoms with Gasteiger partial charge in [0.2, 0.25) is 11.8 Å². The average Bonchev–Trinajstić information content (AvgIpc) is 2.61. The first-order valence-electron chi connectivity index (χ1n) is 8.13. The third-order valence-electron chi connectivity index (χ3n) is 3.81. The summed E-state index contributed by atoms with van der Waals surface area (Å²) in [5, 5.41) is 16.3. The zero-order valence-electron chi connectivity index (χ0n) is 14.8. The van der Waals surface area contributed by atoms with Gasteiger partial charge in [0.25, 0.3) is 0 Å². The molecule has 0 bridgehead atoms. The van der Waals surface area contributed by atoms with Crippen LogP contribution in [0.5, 0.6) is 5.75 Å². The molecule has 0 aromatic heterocycles. The predicted octanol–water partition coefficient (Wildman–Crippen LogP) is 4.40. The number of hydrogen-bond donors (Lipinski definition) is 3. The molecule has 2 aromatic carbocycles. The van der Waals surface area contributed by atoms with Crippen molar-refractivity contribution in [1.82, 2.24) is 5.43 Å². The second-order valence-corrected chi connectivity index (χ2v) is 7.68. The monoisotopic (exact) mass is 495 g/mol. The zero-order valence-corrected chi connectivity index (χ0v) is 18.0. The number of benzene rings is 2. The van der Waals surface area contributed by atoms with Crippen molar-refractivity contribution >= 4 is 55.6 Å². The minimum Gasteiger partial charge on any atom is -0.506 e. The Kier molecular flexibility index (Phi) is 7.55. The smallest absolute Gasteiger partial charge is 0.240 e. The van der Waals surface area contributed by atoms with E-state index in [9.17, 15) is 14.7 Å². The molecule has 0 aliphatic rings. The average molecular weight is 497 g/mol. The van der Waals surface area contributed by atoms with E-state index in [0.29, 0.717) is 20.2 Å². The quantitative estimate of drug-likeness (QED) is 0.408. The van der Waals surface area contributed by atoms with Crippen molar-refractivity contribution in [3.8, 4) is 5.75 Å². The Morgan fingerprint density at radius 2 is 1.67 bits per heavy atom. The SMILES string of the molecule is Cc1ccc(NC(=O)CCC(=O)NN=Cc2cc(Br)c(O)c(Br)c2)cc1C. The van der Waals surface area contributed by atoms with Crippen LogP contribution in [-0.4, -0.2) is 23.1 Å². The lowest BCUT2D eigenvalue weighted by Crippen LogP contribution is -2.20. The Labute approximate surface area is 174 Å². The Hall–Kier alpha value is -2.19. The van der Waals surface area contributed by atoms with Crippen LogP contribution in [-0.2, 0) is 9.59 Å². The maximum absolute atomic E-state index is 12.0. The van der Waals surface area contributed by atoms with Crippen molar-refractivity contribution in [2.75, 3.05) is 5.32 Å². The number of aromatic hydroxyl groups is 1. The highest BCUT2D eigenvalue weighted by Gasteiger charge is 2.08. The van der Waals surface area contributed by atoms with E-state index in [0.717, 1.165) is 11.1 Å². The summed E-state index contributed by atoms with van der Waals surface area (Å²) in [4.78, 5) is 23.8. The summed E-state index contributed by atoms with van der Waals surface area (Å²) in [6, 6.07) is 8.98. The van der Waals surface area contributed by atoms with Crippen molar-refractivity contribution < 1.29 is 14.7 Å². The van der Waals surface area contributed by atoms with Gasteiger partial charge in [-0.2, -0.15) is 5.10 Å². The van der Waals surface area contributed by atoms with Crippen LogP contribution in [0.25, 0.3) is 0 Å². The summed E-state index contributed by atoms with van der Waals surface area (Å²) >= 11 is 6.44.